The number of anilines is 1. The van der Waals surface area contributed by atoms with E-state index in [0.29, 0.717) is 17.8 Å². The van der Waals surface area contributed by atoms with Crippen LogP contribution in [0.5, 0.6) is 0 Å². The first-order valence-electron chi connectivity index (χ1n) is 8.62. The van der Waals surface area contributed by atoms with Crippen LogP contribution in [-0.4, -0.2) is 11.9 Å². The number of carbonyl (C=O) groups is 2. The molecule has 3 aromatic carbocycles. The fourth-order valence-corrected chi connectivity index (χ4v) is 2.77. The lowest BCUT2D eigenvalue weighted by atomic mass is 10.0. The molecule has 0 fully saturated rings. The molecule has 5 nitrogen and oxygen atoms in total. The Labute approximate surface area is 158 Å². The van der Waals surface area contributed by atoms with Crippen molar-refractivity contribution in [1.29, 1.82) is 0 Å². The van der Waals surface area contributed by atoms with Gasteiger partial charge in [-0.1, -0.05) is 54.1 Å². The van der Waals surface area contributed by atoms with Crippen LogP contribution in [0.4, 0.5) is 10.5 Å². The first-order chi connectivity index (χ1) is 13.0. The van der Waals surface area contributed by atoms with Gasteiger partial charge in [0.1, 0.15) is 0 Å². The maximum atomic E-state index is 12.3. The van der Waals surface area contributed by atoms with Gasteiger partial charge in [0.2, 0.25) is 0 Å². The Morgan fingerprint density at radius 3 is 2.22 bits per heavy atom. The maximum Gasteiger partial charge on any atom is 0.316 e. The molecule has 3 rings (SSSR count). The molecule has 5 heteroatoms. The van der Waals surface area contributed by atoms with Crippen LogP contribution in [0.25, 0.3) is 11.1 Å². The van der Waals surface area contributed by atoms with Crippen molar-refractivity contribution >= 4 is 17.6 Å². The molecule has 0 unspecified atom stereocenters. The second kappa shape index (κ2) is 8.19. The summed E-state index contributed by atoms with van der Waals surface area (Å²) in [6.45, 7) is 2.51. The van der Waals surface area contributed by atoms with Crippen molar-refractivity contribution in [3.05, 3.63) is 89.5 Å². The second-order valence-electron chi connectivity index (χ2n) is 6.32. The van der Waals surface area contributed by atoms with Crippen LogP contribution in [0.3, 0.4) is 0 Å². The Kier molecular flexibility index (Phi) is 5.52. The van der Waals surface area contributed by atoms with E-state index >= 15 is 0 Å². The van der Waals surface area contributed by atoms with Crippen LogP contribution in [-0.2, 0) is 6.54 Å². The number of hydrogen-bond acceptors (Lipinski definition) is 2. The van der Waals surface area contributed by atoms with E-state index < -0.39 is 6.03 Å². The molecule has 27 heavy (non-hydrogen) atoms. The number of primary amides is 1. The van der Waals surface area contributed by atoms with Gasteiger partial charge in [0.05, 0.1) is 0 Å². The smallest absolute Gasteiger partial charge is 0.316 e. The first kappa shape index (κ1) is 18.2. The van der Waals surface area contributed by atoms with Crippen LogP contribution in [0.15, 0.2) is 72.8 Å². The van der Waals surface area contributed by atoms with Gasteiger partial charge < -0.3 is 16.4 Å². The number of hydrogen-bond donors (Lipinski definition) is 3. The summed E-state index contributed by atoms with van der Waals surface area (Å²) in [4.78, 5) is 23.1. The summed E-state index contributed by atoms with van der Waals surface area (Å²) in [7, 11) is 0. The molecule has 3 aromatic rings. The van der Waals surface area contributed by atoms with E-state index in [0.717, 1.165) is 11.1 Å². The lowest BCUT2D eigenvalue weighted by Gasteiger charge is -2.08. The molecule has 0 aliphatic rings. The lowest BCUT2D eigenvalue weighted by Crippen LogP contribution is -2.23. The van der Waals surface area contributed by atoms with Crippen LogP contribution < -0.4 is 16.4 Å². The number of amides is 3. The number of aryl methyl sites for hydroxylation is 1. The van der Waals surface area contributed by atoms with Gasteiger partial charge in [-0.3, -0.25) is 4.79 Å². The van der Waals surface area contributed by atoms with Gasteiger partial charge in [-0.2, -0.15) is 0 Å². The molecule has 0 radical (unpaired) electrons. The molecule has 0 aliphatic heterocycles. The normalized spacial score (nSPS) is 10.3. The molecule has 0 heterocycles. The van der Waals surface area contributed by atoms with Gasteiger partial charge in [-0.05, 0) is 47.9 Å². The number of nitrogens with one attached hydrogen (secondary N) is 2. The van der Waals surface area contributed by atoms with Gasteiger partial charge in [0.25, 0.3) is 5.91 Å². The average molecular weight is 359 g/mol. The Hall–Kier alpha value is -3.60. The van der Waals surface area contributed by atoms with Crippen molar-refractivity contribution in [3.63, 3.8) is 0 Å². The standard InChI is InChI=1S/C22H21N3O2/c1-15-3-2-4-19(13-15)17-7-5-16(6-8-17)14-24-21(26)18-9-11-20(12-10-18)25-22(23)27/h2-13H,14H2,1H3,(H,24,26)(H3,23,25,27). The Morgan fingerprint density at radius 1 is 0.889 bits per heavy atom. The molecule has 3 amide bonds. The molecule has 0 saturated heterocycles. The largest absolute Gasteiger partial charge is 0.351 e. The second-order valence-corrected chi connectivity index (χ2v) is 6.32. The molecule has 0 saturated carbocycles. The number of benzene rings is 3. The van der Waals surface area contributed by atoms with Gasteiger partial charge >= 0.3 is 6.03 Å². The van der Waals surface area contributed by atoms with E-state index in [2.05, 4.69) is 47.9 Å². The molecule has 0 bridgehead atoms. The molecule has 0 aliphatic carbocycles. The summed E-state index contributed by atoms with van der Waals surface area (Å²) >= 11 is 0. The Bertz CT molecular complexity index is 948. The van der Waals surface area contributed by atoms with Gasteiger partial charge in [-0.15, -0.1) is 0 Å². The highest BCUT2D eigenvalue weighted by molar-refractivity contribution is 5.95. The van der Waals surface area contributed by atoms with Gasteiger partial charge in [-0.25, -0.2) is 4.79 Å². The van der Waals surface area contributed by atoms with Crippen molar-refractivity contribution < 1.29 is 9.59 Å². The number of rotatable bonds is 5. The maximum absolute atomic E-state index is 12.3. The van der Waals surface area contributed by atoms with E-state index in [1.54, 1.807) is 24.3 Å². The quantitative estimate of drug-likeness (QED) is 0.641. The fraction of sp³-hybridized carbons (Fsp3) is 0.0909. The fourth-order valence-electron chi connectivity index (χ4n) is 2.77. The van der Waals surface area contributed by atoms with Gasteiger partial charge in [0.15, 0.2) is 0 Å². The molecule has 0 aromatic heterocycles. The third-order valence-electron chi connectivity index (χ3n) is 4.17. The van der Waals surface area contributed by atoms with Crippen molar-refractivity contribution in [2.24, 2.45) is 5.73 Å². The molecule has 4 N–H and O–H groups in total. The average Bonchev–Trinajstić information content (AvgIpc) is 2.66. The number of nitrogens with two attached hydrogens (primary N) is 1. The highest BCUT2D eigenvalue weighted by Crippen LogP contribution is 2.20. The van der Waals surface area contributed by atoms with E-state index in [1.807, 2.05) is 18.2 Å². The zero-order chi connectivity index (χ0) is 19.2. The van der Waals surface area contributed by atoms with Crippen LogP contribution >= 0.6 is 0 Å². The molecular formula is C22H21N3O2. The Balaban J connectivity index is 1.59. The SMILES string of the molecule is Cc1cccc(-c2ccc(CNC(=O)c3ccc(NC(N)=O)cc3)cc2)c1. The Morgan fingerprint density at radius 2 is 1.59 bits per heavy atom. The monoisotopic (exact) mass is 359 g/mol. The lowest BCUT2D eigenvalue weighted by molar-refractivity contribution is 0.0951. The minimum Gasteiger partial charge on any atom is -0.351 e. The predicted octanol–water partition coefficient (Wildman–Crippen LogP) is 4.08. The number of urea groups is 1. The summed E-state index contributed by atoms with van der Waals surface area (Å²) in [5, 5.41) is 5.35. The van der Waals surface area contributed by atoms with E-state index in [4.69, 9.17) is 5.73 Å². The van der Waals surface area contributed by atoms with Crippen LogP contribution in [0.2, 0.25) is 0 Å². The van der Waals surface area contributed by atoms with Gasteiger partial charge in [0, 0.05) is 17.8 Å². The van der Waals surface area contributed by atoms with Crippen LogP contribution in [0, 0.1) is 6.92 Å². The zero-order valence-corrected chi connectivity index (χ0v) is 15.0. The van der Waals surface area contributed by atoms with E-state index in [9.17, 15) is 9.59 Å². The van der Waals surface area contributed by atoms with Crippen LogP contribution in [0.1, 0.15) is 21.5 Å². The van der Waals surface area contributed by atoms with Crippen molar-refractivity contribution in [2.45, 2.75) is 13.5 Å². The summed E-state index contributed by atoms with van der Waals surface area (Å²) in [5.74, 6) is -0.177. The predicted molar refractivity (Wildman–Crippen MR) is 107 cm³/mol. The molecule has 0 spiro atoms. The first-order valence-corrected chi connectivity index (χ1v) is 8.62. The topological polar surface area (TPSA) is 84.2 Å². The summed E-state index contributed by atoms with van der Waals surface area (Å²) in [6, 6.07) is 22.4. The molecule has 136 valence electrons. The van der Waals surface area contributed by atoms with Crippen molar-refractivity contribution in [3.8, 4) is 11.1 Å². The molecular weight excluding hydrogens is 338 g/mol. The van der Waals surface area contributed by atoms with Crippen molar-refractivity contribution in [1.82, 2.24) is 5.32 Å². The summed E-state index contributed by atoms with van der Waals surface area (Å²) < 4.78 is 0. The molecule has 0 atom stereocenters. The van der Waals surface area contributed by atoms with E-state index in [1.165, 1.54) is 11.1 Å². The van der Waals surface area contributed by atoms with E-state index in [-0.39, 0.29) is 5.91 Å². The minimum absolute atomic E-state index is 0.177. The zero-order valence-electron chi connectivity index (χ0n) is 15.0. The minimum atomic E-state index is -0.638. The third kappa shape index (κ3) is 4.95. The highest BCUT2D eigenvalue weighted by atomic mass is 16.2. The third-order valence-corrected chi connectivity index (χ3v) is 4.17. The summed E-state index contributed by atoms with van der Waals surface area (Å²) in [6.07, 6.45) is 0. The highest BCUT2D eigenvalue weighted by Gasteiger charge is 2.06. The summed E-state index contributed by atoms with van der Waals surface area (Å²) in [5.41, 5.74) is 10.7. The number of carbonyl (C=O) groups excluding carboxylic acids is 2. The van der Waals surface area contributed by atoms with Crippen molar-refractivity contribution in [2.75, 3.05) is 5.32 Å².